The molecule has 0 aliphatic carbocycles. The van der Waals surface area contributed by atoms with Crippen molar-refractivity contribution in [3.05, 3.63) is 69.7 Å². The molecule has 5 nitrogen and oxygen atoms in total. The van der Waals surface area contributed by atoms with Crippen LogP contribution in [-0.4, -0.2) is 17.7 Å². The highest BCUT2D eigenvalue weighted by atomic mass is 79.9. The SMILES string of the molecule is CCc1ccc(C2CC(C(=O)N/N=C(\C)c3ccc(Br)cc3)NN2)cc1. The van der Waals surface area contributed by atoms with Gasteiger partial charge in [-0.1, -0.05) is 59.3 Å². The van der Waals surface area contributed by atoms with E-state index in [4.69, 9.17) is 0 Å². The van der Waals surface area contributed by atoms with E-state index in [-0.39, 0.29) is 18.0 Å². The third-order valence-electron chi connectivity index (χ3n) is 4.61. The molecule has 1 fully saturated rings. The second-order valence-electron chi connectivity index (χ2n) is 6.40. The Labute approximate surface area is 162 Å². The fourth-order valence-corrected chi connectivity index (χ4v) is 3.17. The van der Waals surface area contributed by atoms with E-state index >= 15 is 0 Å². The first kappa shape index (κ1) is 18.8. The van der Waals surface area contributed by atoms with Crippen LogP contribution >= 0.6 is 15.9 Å². The van der Waals surface area contributed by atoms with E-state index < -0.39 is 0 Å². The Balaban J connectivity index is 1.57. The molecule has 1 amide bonds. The number of hydrazine groups is 1. The molecule has 2 aromatic rings. The summed E-state index contributed by atoms with van der Waals surface area (Å²) in [6.07, 6.45) is 1.71. The van der Waals surface area contributed by atoms with E-state index in [0.717, 1.165) is 22.2 Å². The van der Waals surface area contributed by atoms with Crippen LogP contribution in [0.4, 0.5) is 0 Å². The van der Waals surface area contributed by atoms with Gasteiger partial charge in [0.1, 0.15) is 6.04 Å². The van der Waals surface area contributed by atoms with E-state index in [1.165, 1.54) is 11.1 Å². The summed E-state index contributed by atoms with van der Waals surface area (Å²) >= 11 is 3.41. The lowest BCUT2D eigenvalue weighted by molar-refractivity contribution is -0.122. The number of aryl methyl sites for hydroxylation is 1. The zero-order valence-electron chi connectivity index (χ0n) is 14.9. The van der Waals surface area contributed by atoms with E-state index in [0.29, 0.717) is 6.42 Å². The van der Waals surface area contributed by atoms with Crippen LogP contribution in [0.5, 0.6) is 0 Å². The van der Waals surface area contributed by atoms with Crippen LogP contribution in [-0.2, 0) is 11.2 Å². The minimum absolute atomic E-state index is 0.119. The molecule has 0 spiro atoms. The average Bonchev–Trinajstić information content (AvgIpc) is 3.17. The van der Waals surface area contributed by atoms with Crippen LogP contribution in [0.15, 0.2) is 58.1 Å². The van der Waals surface area contributed by atoms with Crippen molar-refractivity contribution < 1.29 is 4.79 Å². The number of carbonyl (C=O) groups is 1. The van der Waals surface area contributed by atoms with Crippen LogP contribution in [0, 0.1) is 0 Å². The lowest BCUT2D eigenvalue weighted by Gasteiger charge is -2.10. The number of halogens is 1. The molecule has 2 aromatic carbocycles. The maximum Gasteiger partial charge on any atom is 0.258 e. The van der Waals surface area contributed by atoms with Crippen molar-refractivity contribution in [2.24, 2.45) is 5.10 Å². The van der Waals surface area contributed by atoms with E-state index in [9.17, 15) is 4.79 Å². The summed E-state index contributed by atoms with van der Waals surface area (Å²) in [6, 6.07) is 16.1. The van der Waals surface area contributed by atoms with E-state index in [2.05, 4.69) is 68.5 Å². The third kappa shape index (κ3) is 4.58. The van der Waals surface area contributed by atoms with Crippen molar-refractivity contribution in [1.29, 1.82) is 0 Å². The Kier molecular flexibility index (Phi) is 6.19. The fraction of sp³-hybridized carbons (Fsp3) is 0.300. The molecule has 1 saturated heterocycles. The van der Waals surface area contributed by atoms with Crippen LogP contribution in [0.1, 0.15) is 43.0 Å². The molecular formula is C20H23BrN4O. The number of benzene rings is 2. The van der Waals surface area contributed by atoms with Crippen molar-refractivity contribution in [2.45, 2.75) is 38.8 Å². The summed E-state index contributed by atoms with van der Waals surface area (Å²) in [4.78, 5) is 12.4. The second kappa shape index (κ2) is 8.58. The van der Waals surface area contributed by atoms with Crippen molar-refractivity contribution in [1.82, 2.24) is 16.3 Å². The third-order valence-corrected chi connectivity index (χ3v) is 5.13. The zero-order valence-corrected chi connectivity index (χ0v) is 16.5. The van der Waals surface area contributed by atoms with Crippen molar-refractivity contribution >= 4 is 27.5 Å². The standard InChI is InChI=1S/C20H23BrN4O/c1-3-14-4-6-16(7-5-14)18-12-19(24-23-18)20(26)25-22-13(2)15-8-10-17(21)11-9-15/h4-11,18-19,23-24H,3,12H2,1-2H3,(H,25,26)/b22-13+. The van der Waals surface area contributed by atoms with Gasteiger partial charge in [0.25, 0.3) is 5.91 Å². The van der Waals surface area contributed by atoms with Crippen LogP contribution in [0.2, 0.25) is 0 Å². The molecule has 136 valence electrons. The molecule has 3 rings (SSSR count). The molecule has 2 unspecified atom stereocenters. The summed E-state index contributed by atoms with van der Waals surface area (Å²) in [5.74, 6) is -0.137. The van der Waals surface area contributed by atoms with Gasteiger partial charge in [0.2, 0.25) is 0 Å². The first-order valence-corrected chi connectivity index (χ1v) is 9.56. The summed E-state index contributed by atoms with van der Waals surface area (Å²) in [5.41, 5.74) is 13.2. The molecular weight excluding hydrogens is 392 g/mol. The van der Waals surface area contributed by atoms with Gasteiger partial charge in [0.15, 0.2) is 0 Å². The maximum absolute atomic E-state index is 12.4. The lowest BCUT2D eigenvalue weighted by Crippen LogP contribution is -2.41. The summed E-state index contributed by atoms with van der Waals surface area (Å²) in [7, 11) is 0. The number of hydrogen-bond acceptors (Lipinski definition) is 4. The lowest BCUT2D eigenvalue weighted by atomic mass is 10.00. The molecule has 1 aliphatic rings. The monoisotopic (exact) mass is 414 g/mol. The highest BCUT2D eigenvalue weighted by Gasteiger charge is 2.30. The Morgan fingerprint density at radius 3 is 2.50 bits per heavy atom. The van der Waals surface area contributed by atoms with E-state index in [1.54, 1.807) is 0 Å². The first-order valence-electron chi connectivity index (χ1n) is 8.76. The highest BCUT2D eigenvalue weighted by Crippen LogP contribution is 2.22. The zero-order chi connectivity index (χ0) is 18.5. The molecule has 0 bridgehead atoms. The van der Waals surface area contributed by atoms with Crippen molar-refractivity contribution in [2.75, 3.05) is 0 Å². The van der Waals surface area contributed by atoms with Gasteiger partial charge in [-0.15, -0.1) is 0 Å². The molecule has 6 heteroatoms. The van der Waals surface area contributed by atoms with Gasteiger partial charge in [0, 0.05) is 10.5 Å². The Hall–Kier alpha value is -2.02. The van der Waals surface area contributed by atoms with Gasteiger partial charge in [0.05, 0.1) is 5.71 Å². The van der Waals surface area contributed by atoms with Crippen molar-refractivity contribution in [3.63, 3.8) is 0 Å². The predicted molar refractivity (Wildman–Crippen MR) is 108 cm³/mol. The molecule has 1 aliphatic heterocycles. The first-order chi connectivity index (χ1) is 12.6. The summed E-state index contributed by atoms with van der Waals surface area (Å²) < 4.78 is 1.01. The van der Waals surface area contributed by atoms with Gasteiger partial charge >= 0.3 is 0 Å². The molecule has 0 aromatic heterocycles. The Morgan fingerprint density at radius 1 is 1.15 bits per heavy atom. The molecule has 2 atom stereocenters. The molecule has 0 saturated carbocycles. The normalized spacial score (nSPS) is 20.2. The largest absolute Gasteiger partial charge is 0.271 e. The van der Waals surface area contributed by atoms with Gasteiger partial charge in [-0.25, -0.2) is 16.3 Å². The minimum Gasteiger partial charge on any atom is -0.271 e. The second-order valence-corrected chi connectivity index (χ2v) is 7.32. The fourth-order valence-electron chi connectivity index (χ4n) is 2.90. The number of hydrazone groups is 1. The van der Waals surface area contributed by atoms with Crippen molar-refractivity contribution in [3.8, 4) is 0 Å². The summed E-state index contributed by atoms with van der Waals surface area (Å²) in [5, 5.41) is 4.22. The number of amides is 1. The van der Waals surface area contributed by atoms with E-state index in [1.807, 2.05) is 31.2 Å². The molecule has 3 N–H and O–H groups in total. The number of carbonyl (C=O) groups excluding carboxylic acids is 1. The number of nitrogens with zero attached hydrogens (tertiary/aromatic N) is 1. The van der Waals surface area contributed by atoms with Crippen LogP contribution < -0.4 is 16.3 Å². The molecule has 1 heterocycles. The smallest absolute Gasteiger partial charge is 0.258 e. The van der Waals surface area contributed by atoms with Gasteiger partial charge in [-0.2, -0.15) is 5.10 Å². The maximum atomic E-state index is 12.4. The highest BCUT2D eigenvalue weighted by molar-refractivity contribution is 9.10. The quantitative estimate of drug-likeness (QED) is 0.518. The summed E-state index contributed by atoms with van der Waals surface area (Å²) in [6.45, 7) is 4.02. The topological polar surface area (TPSA) is 65.5 Å². The van der Waals surface area contributed by atoms with Gasteiger partial charge in [-0.3, -0.25) is 4.79 Å². The number of hydrogen-bond donors (Lipinski definition) is 3. The Bertz CT molecular complexity index is 786. The number of rotatable bonds is 5. The molecule has 0 radical (unpaired) electrons. The van der Waals surface area contributed by atoms with Gasteiger partial charge < -0.3 is 0 Å². The number of nitrogens with one attached hydrogen (secondary N) is 3. The van der Waals surface area contributed by atoms with Crippen LogP contribution in [0.25, 0.3) is 0 Å². The Morgan fingerprint density at radius 2 is 1.85 bits per heavy atom. The predicted octanol–water partition coefficient (Wildman–Crippen LogP) is 3.46. The molecule has 26 heavy (non-hydrogen) atoms. The van der Waals surface area contributed by atoms with Gasteiger partial charge in [-0.05, 0) is 48.6 Å². The van der Waals surface area contributed by atoms with Crippen LogP contribution in [0.3, 0.4) is 0 Å². The average molecular weight is 415 g/mol. The minimum atomic E-state index is -0.313.